The summed E-state index contributed by atoms with van der Waals surface area (Å²) in [6.45, 7) is 17.6. The Hall–Kier alpha value is -0.623. The molecule has 0 aromatic heterocycles. The van der Waals surface area contributed by atoms with Crippen molar-refractivity contribution in [2.75, 3.05) is 0 Å². The van der Waals surface area contributed by atoms with Gasteiger partial charge >= 0.3 is 0 Å². The minimum absolute atomic E-state index is 0.204. The van der Waals surface area contributed by atoms with E-state index in [1.54, 1.807) is 6.21 Å². The van der Waals surface area contributed by atoms with Crippen molar-refractivity contribution in [1.82, 2.24) is 0 Å². The first-order chi connectivity index (χ1) is 10.3. The minimum Gasteiger partial charge on any atom is -0.591 e. The molecular formula is C18H31NO2SSi. The van der Waals surface area contributed by atoms with Crippen LogP contribution in [0, 0.1) is 0 Å². The summed E-state index contributed by atoms with van der Waals surface area (Å²) in [5.41, 5.74) is 2.08. The fourth-order valence-corrected chi connectivity index (χ4v) is 3.00. The van der Waals surface area contributed by atoms with Crippen molar-refractivity contribution < 1.29 is 8.98 Å². The minimum atomic E-state index is -1.75. The van der Waals surface area contributed by atoms with E-state index in [1.807, 2.05) is 32.9 Å². The topological polar surface area (TPSA) is 44.7 Å². The Morgan fingerprint density at radius 1 is 1.17 bits per heavy atom. The molecule has 1 aromatic carbocycles. The van der Waals surface area contributed by atoms with Gasteiger partial charge in [-0.1, -0.05) is 43.4 Å². The van der Waals surface area contributed by atoms with Gasteiger partial charge in [-0.2, -0.15) is 0 Å². The second kappa shape index (κ2) is 7.51. The maximum absolute atomic E-state index is 12.0. The van der Waals surface area contributed by atoms with Crippen molar-refractivity contribution in [3.8, 4) is 0 Å². The molecule has 1 aromatic rings. The van der Waals surface area contributed by atoms with Gasteiger partial charge in [-0.3, -0.25) is 0 Å². The lowest BCUT2D eigenvalue weighted by Crippen LogP contribution is -2.40. The van der Waals surface area contributed by atoms with E-state index in [-0.39, 0.29) is 9.79 Å². The zero-order valence-electron chi connectivity index (χ0n) is 15.8. The zero-order valence-corrected chi connectivity index (χ0v) is 17.6. The highest BCUT2D eigenvalue weighted by Crippen LogP contribution is 2.37. The largest absolute Gasteiger partial charge is 0.591 e. The highest BCUT2D eigenvalue weighted by Gasteiger charge is 2.37. The van der Waals surface area contributed by atoms with E-state index >= 15 is 0 Å². The summed E-state index contributed by atoms with van der Waals surface area (Å²) >= 11 is -1.23. The molecule has 0 saturated heterocycles. The molecule has 0 aliphatic heterocycles. The zero-order chi connectivity index (χ0) is 17.9. The first-order valence-corrected chi connectivity index (χ1v) is 12.0. The van der Waals surface area contributed by atoms with Crippen LogP contribution in [0.3, 0.4) is 0 Å². The van der Waals surface area contributed by atoms with Crippen molar-refractivity contribution in [3.05, 3.63) is 35.4 Å². The normalized spacial score (nSPS) is 15.2. The molecule has 5 heteroatoms. The van der Waals surface area contributed by atoms with Crippen LogP contribution in [0.4, 0.5) is 0 Å². The van der Waals surface area contributed by atoms with Gasteiger partial charge in [0.15, 0.2) is 8.32 Å². The van der Waals surface area contributed by atoms with Gasteiger partial charge < -0.3 is 8.98 Å². The number of benzene rings is 1. The van der Waals surface area contributed by atoms with Crippen LogP contribution in [0.25, 0.3) is 0 Å². The third-order valence-corrected chi connectivity index (χ3v) is 10.0. The van der Waals surface area contributed by atoms with Crippen molar-refractivity contribution in [2.45, 2.75) is 71.0 Å². The fraction of sp³-hybridized carbons (Fsp3) is 0.611. The predicted molar refractivity (Wildman–Crippen MR) is 104 cm³/mol. The lowest BCUT2D eigenvalue weighted by Gasteiger charge is -2.36. The maximum atomic E-state index is 12.0. The van der Waals surface area contributed by atoms with Crippen LogP contribution in [0.15, 0.2) is 28.7 Å². The molecule has 0 N–H and O–H groups in total. The average molecular weight is 354 g/mol. The van der Waals surface area contributed by atoms with Gasteiger partial charge in [0, 0.05) is 0 Å². The fourth-order valence-electron chi connectivity index (χ4n) is 1.51. The second-order valence-electron chi connectivity index (χ2n) is 8.39. The van der Waals surface area contributed by atoms with Gasteiger partial charge in [0.05, 0.1) is 12.8 Å². The molecule has 0 amide bonds. The lowest BCUT2D eigenvalue weighted by atomic mass is 10.1. The molecule has 0 heterocycles. The molecule has 0 fully saturated rings. The molecule has 3 nitrogen and oxygen atoms in total. The van der Waals surface area contributed by atoms with E-state index in [1.165, 1.54) is 0 Å². The molecule has 130 valence electrons. The van der Waals surface area contributed by atoms with Crippen LogP contribution in [-0.2, 0) is 22.4 Å². The smallest absolute Gasteiger partial charge is 0.192 e. The molecule has 0 aliphatic carbocycles. The summed E-state index contributed by atoms with van der Waals surface area (Å²) in [5, 5.41) is 0.204. The Kier molecular flexibility index (Phi) is 6.67. The Morgan fingerprint density at radius 3 is 2.30 bits per heavy atom. The third-order valence-electron chi connectivity index (χ3n) is 4.18. The van der Waals surface area contributed by atoms with E-state index in [0.717, 1.165) is 11.1 Å². The van der Waals surface area contributed by atoms with Crippen LogP contribution in [0.1, 0.15) is 52.7 Å². The lowest BCUT2D eigenvalue weighted by molar-refractivity contribution is 0.276. The van der Waals surface area contributed by atoms with Gasteiger partial charge in [0.25, 0.3) is 0 Å². The number of hydrogen-bond acceptors (Lipinski definition) is 3. The maximum Gasteiger partial charge on any atom is 0.192 e. The van der Waals surface area contributed by atoms with Gasteiger partial charge in [0.1, 0.15) is 16.1 Å². The highest BCUT2D eigenvalue weighted by molar-refractivity contribution is 7.91. The quantitative estimate of drug-likeness (QED) is 0.420. The van der Waals surface area contributed by atoms with Gasteiger partial charge in [0.2, 0.25) is 0 Å². The van der Waals surface area contributed by atoms with Crippen molar-refractivity contribution in [2.24, 2.45) is 4.40 Å². The monoisotopic (exact) mass is 353 g/mol. The number of nitrogens with zero attached hydrogens (tertiary/aromatic N) is 1. The molecule has 1 unspecified atom stereocenters. The summed E-state index contributed by atoms with van der Waals surface area (Å²) in [5.74, 6) is 0. The Labute approximate surface area is 146 Å². The average Bonchev–Trinajstić information content (AvgIpc) is 2.41. The van der Waals surface area contributed by atoms with Crippen LogP contribution in [0.2, 0.25) is 18.1 Å². The standard InChI is InChI=1S/C18H31NO2SSi/c1-17(2,3)22(20)19-13-15-10-9-11-16(12-15)14-21-23(7,8)18(4,5)6/h9-13H,14H2,1-8H3. The van der Waals surface area contributed by atoms with E-state index in [0.29, 0.717) is 6.61 Å². The molecule has 23 heavy (non-hydrogen) atoms. The molecule has 0 radical (unpaired) electrons. The van der Waals surface area contributed by atoms with Crippen LogP contribution < -0.4 is 0 Å². The van der Waals surface area contributed by atoms with Crippen LogP contribution in [0.5, 0.6) is 0 Å². The van der Waals surface area contributed by atoms with E-state index in [2.05, 4.69) is 50.4 Å². The van der Waals surface area contributed by atoms with E-state index in [9.17, 15) is 4.55 Å². The van der Waals surface area contributed by atoms with Crippen molar-refractivity contribution in [3.63, 3.8) is 0 Å². The Bertz CT molecular complexity index is 545. The number of rotatable bonds is 5. The van der Waals surface area contributed by atoms with Crippen molar-refractivity contribution in [1.29, 1.82) is 0 Å². The first-order valence-electron chi connectivity index (χ1n) is 8.02. The second-order valence-corrected chi connectivity index (χ2v) is 15.1. The summed E-state index contributed by atoms with van der Waals surface area (Å²) in [4.78, 5) is 0. The van der Waals surface area contributed by atoms with Gasteiger partial charge in [-0.25, -0.2) is 0 Å². The van der Waals surface area contributed by atoms with E-state index < -0.39 is 19.7 Å². The van der Waals surface area contributed by atoms with Gasteiger partial charge in [-0.05, 0) is 56.1 Å². The highest BCUT2D eigenvalue weighted by atomic mass is 32.2. The Morgan fingerprint density at radius 2 is 1.78 bits per heavy atom. The molecule has 0 saturated carbocycles. The third kappa shape index (κ3) is 6.41. The van der Waals surface area contributed by atoms with Crippen LogP contribution >= 0.6 is 0 Å². The van der Waals surface area contributed by atoms with Gasteiger partial charge in [-0.15, -0.1) is 0 Å². The molecule has 1 rings (SSSR count). The molecular weight excluding hydrogens is 322 g/mol. The molecule has 0 aliphatic rings. The summed E-state index contributed by atoms with van der Waals surface area (Å²) in [6.07, 6.45) is 1.69. The summed E-state index contributed by atoms with van der Waals surface area (Å²) < 4.78 is 22.1. The first kappa shape index (κ1) is 20.4. The van der Waals surface area contributed by atoms with Crippen molar-refractivity contribution >= 4 is 25.9 Å². The Balaban J connectivity index is 2.77. The molecule has 0 bridgehead atoms. The van der Waals surface area contributed by atoms with Crippen LogP contribution in [-0.4, -0.2) is 23.8 Å². The van der Waals surface area contributed by atoms with E-state index in [4.69, 9.17) is 4.43 Å². The molecule has 0 spiro atoms. The summed E-state index contributed by atoms with van der Waals surface area (Å²) in [7, 11) is -1.75. The summed E-state index contributed by atoms with van der Waals surface area (Å²) in [6, 6.07) is 8.08. The predicted octanol–water partition coefficient (Wildman–Crippen LogP) is 5.09. The number of hydrogen-bond donors (Lipinski definition) is 0. The SMILES string of the molecule is CC(C)(C)[S+]([O-])N=Cc1cccc(CO[Si](C)(C)C(C)(C)C)c1. The molecule has 1 atom stereocenters.